The van der Waals surface area contributed by atoms with Crippen LogP contribution < -0.4 is 5.73 Å². The Labute approximate surface area is 126 Å². The molecule has 4 nitrogen and oxygen atoms in total. The first-order valence-corrected chi connectivity index (χ1v) is 6.82. The van der Waals surface area contributed by atoms with Crippen LogP contribution in [-0.4, -0.2) is 15.1 Å². The number of rotatable bonds is 2. The number of hydrogen-bond donors (Lipinski definition) is 3. The van der Waals surface area contributed by atoms with Gasteiger partial charge < -0.3 is 15.8 Å². The van der Waals surface area contributed by atoms with Gasteiger partial charge in [0.1, 0.15) is 17.6 Å². The summed E-state index contributed by atoms with van der Waals surface area (Å²) in [5, 5.41) is 10.9. The number of anilines is 1. The molecule has 3 aromatic rings. The summed E-state index contributed by atoms with van der Waals surface area (Å²) in [4.78, 5) is 6.97. The summed E-state index contributed by atoms with van der Waals surface area (Å²) in [5.41, 5.74) is 5.58. The monoisotopic (exact) mass is 353 g/mol. The number of hydrogen-bond acceptors (Lipinski definition) is 3. The zero-order valence-electron chi connectivity index (χ0n) is 10.6. The Morgan fingerprint density at radius 1 is 1.33 bits per heavy atom. The molecule has 0 saturated heterocycles. The summed E-state index contributed by atoms with van der Waals surface area (Å²) >= 11 is 3.27. The maximum atomic E-state index is 14.0. The van der Waals surface area contributed by atoms with Crippen LogP contribution in [0.1, 0.15) is 17.2 Å². The minimum atomic E-state index is -1.49. The van der Waals surface area contributed by atoms with Gasteiger partial charge in [0.25, 0.3) is 0 Å². The smallest absolute Gasteiger partial charge is 0.155 e. The lowest BCUT2D eigenvalue weighted by Crippen LogP contribution is -2.07. The van der Waals surface area contributed by atoms with Gasteiger partial charge in [-0.3, -0.25) is 0 Å². The van der Waals surface area contributed by atoms with Crippen molar-refractivity contribution in [2.75, 3.05) is 5.73 Å². The quantitative estimate of drug-likeness (QED) is 0.619. The average Bonchev–Trinajstić information content (AvgIpc) is 2.86. The van der Waals surface area contributed by atoms with Crippen LogP contribution in [0.15, 0.2) is 35.1 Å². The molecule has 21 heavy (non-hydrogen) atoms. The molecule has 0 aliphatic heterocycles. The molecule has 0 spiro atoms. The molecular formula is C14H10BrF2N3O. The van der Waals surface area contributed by atoms with E-state index in [-0.39, 0.29) is 5.69 Å². The molecule has 0 fully saturated rings. The summed E-state index contributed by atoms with van der Waals surface area (Å²) in [5.74, 6) is -1.81. The van der Waals surface area contributed by atoms with E-state index in [9.17, 15) is 13.9 Å². The third kappa shape index (κ3) is 2.28. The van der Waals surface area contributed by atoms with Crippen LogP contribution in [0.4, 0.5) is 14.5 Å². The number of aliphatic hydroxyl groups is 1. The number of nitrogens with two attached hydrogens (primary N) is 1. The van der Waals surface area contributed by atoms with E-state index < -0.39 is 23.3 Å². The van der Waals surface area contributed by atoms with Gasteiger partial charge in [-0.15, -0.1) is 0 Å². The third-order valence-corrected chi connectivity index (χ3v) is 3.69. The second kappa shape index (κ2) is 5.09. The van der Waals surface area contributed by atoms with E-state index in [2.05, 4.69) is 25.9 Å². The minimum absolute atomic E-state index is 0.218. The third-order valence-electron chi connectivity index (χ3n) is 3.25. The Hall–Kier alpha value is -1.99. The van der Waals surface area contributed by atoms with Crippen molar-refractivity contribution >= 4 is 32.7 Å². The van der Waals surface area contributed by atoms with Crippen molar-refractivity contribution in [3.05, 3.63) is 57.8 Å². The summed E-state index contributed by atoms with van der Waals surface area (Å²) in [6.07, 6.45) is 1.56. The maximum Gasteiger partial charge on any atom is 0.155 e. The first-order valence-electron chi connectivity index (χ1n) is 6.03. The van der Waals surface area contributed by atoms with E-state index in [0.717, 1.165) is 12.1 Å². The predicted octanol–water partition coefficient (Wildman–Crippen LogP) is 3.27. The van der Waals surface area contributed by atoms with E-state index in [0.29, 0.717) is 21.1 Å². The predicted molar refractivity (Wildman–Crippen MR) is 78.6 cm³/mol. The molecule has 0 aliphatic carbocycles. The van der Waals surface area contributed by atoms with Crippen LogP contribution in [0, 0.1) is 11.6 Å². The largest absolute Gasteiger partial charge is 0.396 e. The van der Waals surface area contributed by atoms with Crippen LogP contribution in [-0.2, 0) is 0 Å². The second-order valence-electron chi connectivity index (χ2n) is 4.56. The number of aromatic amines is 1. The molecule has 1 aromatic carbocycles. The molecular weight excluding hydrogens is 344 g/mol. The Balaban J connectivity index is 2.19. The molecule has 0 amide bonds. The highest BCUT2D eigenvalue weighted by Crippen LogP contribution is 2.33. The first-order chi connectivity index (χ1) is 9.99. The van der Waals surface area contributed by atoms with E-state index in [1.807, 2.05) is 0 Å². The zero-order chi connectivity index (χ0) is 15.1. The Kier molecular flexibility index (Phi) is 3.38. The number of nitrogens with zero attached hydrogens (tertiary/aromatic N) is 1. The molecule has 7 heteroatoms. The molecule has 3 rings (SSSR count). The van der Waals surface area contributed by atoms with Crippen LogP contribution in [0.2, 0.25) is 0 Å². The molecule has 1 atom stereocenters. The number of pyridine rings is 1. The lowest BCUT2D eigenvalue weighted by Gasteiger charge is -2.13. The number of halogens is 3. The summed E-state index contributed by atoms with van der Waals surface area (Å²) in [6, 6.07) is 3.85. The molecule has 0 saturated carbocycles. The summed E-state index contributed by atoms with van der Waals surface area (Å²) < 4.78 is 28.6. The minimum Gasteiger partial charge on any atom is -0.396 e. The molecule has 0 bridgehead atoms. The van der Waals surface area contributed by atoms with Crippen molar-refractivity contribution in [1.82, 2.24) is 9.97 Å². The maximum absolute atomic E-state index is 14.0. The Morgan fingerprint density at radius 3 is 2.86 bits per heavy atom. The highest BCUT2D eigenvalue weighted by molar-refractivity contribution is 9.10. The Morgan fingerprint density at radius 2 is 2.10 bits per heavy atom. The van der Waals surface area contributed by atoms with Gasteiger partial charge in [0.2, 0.25) is 0 Å². The van der Waals surface area contributed by atoms with Crippen molar-refractivity contribution < 1.29 is 13.9 Å². The Bertz CT molecular complexity index is 834. The van der Waals surface area contributed by atoms with Crippen molar-refractivity contribution in [2.45, 2.75) is 6.10 Å². The molecule has 108 valence electrons. The number of fused-ring (bicyclic) bond motifs is 1. The van der Waals surface area contributed by atoms with Crippen LogP contribution in [0.5, 0.6) is 0 Å². The number of nitrogens with one attached hydrogen (secondary N) is 1. The van der Waals surface area contributed by atoms with Crippen LogP contribution >= 0.6 is 15.9 Å². The van der Waals surface area contributed by atoms with Gasteiger partial charge in [0, 0.05) is 27.8 Å². The molecule has 0 radical (unpaired) electrons. The number of H-pyrrole nitrogens is 1. The van der Waals surface area contributed by atoms with Gasteiger partial charge in [0.05, 0.1) is 11.3 Å². The molecule has 4 N–H and O–H groups in total. The number of aliphatic hydroxyl groups excluding tert-OH is 1. The van der Waals surface area contributed by atoms with Gasteiger partial charge in [0.15, 0.2) is 5.82 Å². The normalized spacial score (nSPS) is 12.8. The van der Waals surface area contributed by atoms with Gasteiger partial charge >= 0.3 is 0 Å². The number of benzene rings is 1. The lowest BCUT2D eigenvalue weighted by molar-refractivity contribution is 0.211. The highest BCUT2D eigenvalue weighted by atomic mass is 79.9. The SMILES string of the molecule is Nc1ccc(F)c(C(O)c2c[nH]c3ncc(Br)cc23)c1F. The number of aromatic nitrogens is 2. The topological polar surface area (TPSA) is 74.9 Å². The summed E-state index contributed by atoms with van der Waals surface area (Å²) in [7, 11) is 0. The van der Waals surface area contributed by atoms with Gasteiger partial charge in [-0.2, -0.15) is 0 Å². The van der Waals surface area contributed by atoms with E-state index >= 15 is 0 Å². The molecule has 1 unspecified atom stereocenters. The van der Waals surface area contributed by atoms with Gasteiger partial charge in [-0.1, -0.05) is 0 Å². The van der Waals surface area contributed by atoms with Crippen molar-refractivity contribution in [1.29, 1.82) is 0 Å². The fraction of sp³-hybridized carbons (Fsp3) is 0.0714. The molecule has 2 heterocycles. The van der Waals surface area contributed by atoms with E-state index in [4.69, 9.17) is 5.73 Å². The van der Waals surface area contributed by atoms with Gasteiger partial charge in [-0.25, -0.2) is 13.8 Å². The first kappa shape index (κ1) is 14.0. The average molecular weight is 354 g/mol. The fourth-order valence-corrected chi connectivity index (χ4v) is 2.55. The van der Waals surface area contributed by atoms with Crippen molar-refractivity contribution in [3.63, 3.8) is 0 Å². The van der Waals surface area contributed by atoms with Crippen LogP contribution in [0.25, 0.3) is 11.0 Å². The molecule has 2 aromatic heterocycles. The number of nitrogen functional groups attached to an aromatic ring is 1. The van der Waals surface area contributed by atoms with Crippen molar-refractivity contribution in [2.24, 2.45) is 0 Å². The van der Waals surface area contributed by atoms with Crippen molar-refractivity contribution in [3.8, 4) is 0 Å². The van der Waals surface area contributed by atoms with E-state index in [1.54, 1.807) is 12.3 Å². The lowest BCUT2D eigenvalue weighted by atomic mass is 10.00. The van der Waals surface area contributed by atoms with E-state index in [1.165, 1.54) is 6.20 Å². The van der Waals surface area contributed by atoms with Gasteiger partial charge in [-0.05, 0) is 34.1 Å². The molecule has 0 aliphatic rings. The highest BCUT2D eigenvalue weighted by Gasteiger charge is 2.24. The summed E-state index contributed by atoms with van der Waals surface area (Å²) in [6.45, 7) is 0. The standard InChI is InChI=1S/C14H10BrF2N3O/c15-6-3-7-8(5-20-14(7)19-4-6)13(21)11-9(16)1-2-10(18)12(11)17/h1-5,13,21H,18H2,(H,19,20). The zero-order valence-corrected chi connectivity index (χ0v) is 12.2. The second-order valence-corrected chi connectivity index (χ2v) is 5.48. The van der Waals surface area contributed by atoms with Crippen LogP contribution in [0.3, 0.4) is 0 Å². The fourth-order valence-electron chi connectivity index (χ4n) is 2.22.